The minimum atomic E-state index is 0.283. The van der Waals surface area contributed by atoms with Crippen molar-refractivity contribution in [2.24, 2.45) is 0 Å². The summed E-state index contributed by atoms with van der Waals surface area (Å²) in [5, 5.41) is 16.6. The Morgan fingerprint density at radius 1 is 0.812 bits per heavy atom. The van der Waals surface area contributed by atoms with Crippen LogP contribution >= 0.6 is 0 Å². The van der Waals surface area contributed by atoms with E-state index in [1.165, 1.54) is 31.7 Å². The van der Waals surface area contributed by atoms with Gasteiger partial charge in [0.25, 0.3) is 0 Å². The maximum Gasteiger partial charge on any atom is 0.0431 e. The van der Waals surface area contributed by atoms with Crippen LogP contribution in [0, 0.1) is 0 Å². The van der Waals surface area contributed by atoms with Gasteiger partial charge in [0.2, 0.25) is 0 Å². The average Bonchev–Trinajstić information content (AvgIpc) is 2.34. The molecule has 0 bridgehead atoms. The van der Waals surface area contributed by atoms with Crippen LogP contribution in [0.5, 0.6) is 0 Å². The lowest BCUT2D eigenvalue weighted by Crippen LogP contribution is -1.84. The molecule has 0 atom stereocenters. The van der Waals surface area contributed by atoms with Crippen LogP contribution in [-0.2, 0) is 0 Å². The second-order valence-corrected chi connectivity index (χ2v) is 5.28. The van der Waals surface area contributed by atoms with Gasteiger partial charge in [0.05, 0.1) is 0 Å². The van der Waals surface area contributed by atoms with Gasteiger partial charge in [-0.15, -0.1) is 0 Å². The van der Waals surface area contributed by atoms with Crippen LogP contribution in [0.1, 0.15) is 59.3 Å². The third kappa shape index (κ3) is 36.8. The summed E-state index contributed by atoms with van der Waals surface area (Å²) in [5.74, 6) is 0. The molecule has 0 unspecified atom stereocenters. The fraction of sp³-hybridized carbons (Fsp3) is 1.00. The van der Waals surface area contributed by atoms with Crippen LogP contribution in [0.3, 0.4) is 0 Å². The van der Waals surface area contributed by atoms with E-state index in [9.17, 15) is 0 Å². The van der Waals surface area contributed by atoms with Gasteiger partial charge < -0.3 is 10.2 Å². The van der Waals surface area contributed by atoms with Crippen molar-refractivity contribution in [2.45, 2.75) is 71.9 Å². The average molecular weight is 250 g/mol. The number of hydrogen-bond donors (Lipinski definition) is 2. The number of unbranched alkanes of at least 4 members (excludes halogenated alkanes) is 4. The van der Waals surface area contributed by atoms with Gasteiger partial charge in [-0.3, -0.25) is 0 Å². The fourth-order valence-electron chi connectivity index (χ4n) is 1.08. The third-order valence-corrected chi connectivity index (χ3v) is 3.23. The molecule has 0 saturated heterocycles. The summed E-state index contributed by atoms with van der Waals surface area (Å²) >= 11 is 0. The first kappa shape index (κ1) is 21.4. The minimum absolute atomic E-state index is 0.283. The van der Waals surface area contributed by atoms with E-state index in [-0.39, 0.29) is 9.52 Å². The molecule has 0 saturated carbocycles. The zero-order valence-corrected chi connectivity index (χ0v) is 13.4. The van der Waals surface area contributed by atoms with Crippen LogP contribution in [0.15, 0.2) is 0 Å². The molecular weight excluding hydrogens is 216 g/mol. The second-order valence-electron chi connectivity index (χ2n) is 3.57. The van der Waals surface area contributed by atoms with Gasteiger partial charge in [-0.1, -0.05) is 59.0 Å². The van der Waals surface area contributed by atoms with Crippen LogP contribution < -0.4 is 0 Å². The number of aliphatic hydroxyl groups excluding tert-OH is 2. The van der Waals surface area contributed by atoms with E-state index < -0.39 is 0 Å². The summed E-state index contributed by atoms with van der Waals surface area (Å²) < 4.78 is 0. The number of hydrogen-bond acceptors (Lipinski definition) is 2. The van der Waals surface area contributed by atoms with Crippen molar-refractivity contribution in [1.82, 2.24) is 0 Å². The highest BCUT2D eigenvalue weighted by atomic mass is 28.2. The molecule has 0 spiro atoms. The lowest BCUT2D eigenvalue weighted by molar-refractivity contribution is 0.283. The Kier molecular flexibility index (Phi) is 39.4. The standard InChI is InChI=1S/C6H14O.C5H14OSi.C2H6/c1-2-3-4-5-6-7;1-7-5-3-2-4-6;1-2/h7H,2-6H2,1H3;6H,2-5,7H2,1H3;1-2H3. The van der Waals surface area contributed by atoms with Crippen LogP contribution in [0.25, 0.3) is 0 Å². The van der Waals surface area contributed by atoms with E-state index in [0.29, 0.717) is 13.2 Å². The van der Waals surface area contributed by atoms with E-state index in [1.54, 1.807) is 0 Å². The smallest absolute Gasteiger partial charge is 0.0431 e. The molecule has 0 amide bonds. The molecule has 0 heterocycles. The van der Waals surface area contributed by atoms with Crippen LogP contribution in [0.4, 0.5) is 0 Å². The van der Waals surface area contributed by atoms with E-state index in [4.69, 9.17) is 10.2 Å². The maximum absolute atomic E-state index is 8.31. The normalized spacial score (nSPS) is 9.38. The van der Waals surface area contributed by atoms with E-state index in [0.717, 1.165) is 12.8 Å². The predicted octanol–water partition coefficient (Wildman–Crippen LogP) is 2.98. The summed E-state index contributed by atoms with van der Waals surface area (Å²) in [7, 11) is 0.283. The molecule has 2 N–H and O–H groups in total. The van der Waals surface area contributed by atoms with Crippen molar-refractivity contribution >= 4 is 9.52 Å². The Labute approximate surface area is 105 Å². The number of aliphatic hydroxyl groups is 2. The highest BCUT2D eigenvalue weighted by molar-refractivity contribution is 6.33. The Morgan fingerprint density at radius 2 is 1.31 bits per heavy atom. The van der Waals surface area contributed by atoms with Gasteiger partial charge in [-0.25, -0.2) is 0 Å². The summed E-state index contributed by atoms with van der Waals surface area (Å²) in [4.78, 5) is 0. The SMILES string of the molecule is CC.CCCCCCO.C[SiH2]CCCCO. The largest absolute Gasteiger partial charge is 0.396 e. The van der Waals surface area contributed by atoms with E-state index >= 15 is 0 Å². The van der Waals surface area contributed by atoms with Crippen LogP contribution in [-0.4, -0.2) is 32.9 Å². The minimum Gasteiger partial charge on any atom is -0.396 e. The maximum atomic E-state index is 8.31. The van der Waals surface area contributed by atoms with E-state index in [2.05, 4.69) is 13.5 Å². The van der Waals surface area contributed by atoms with Gasteiger partial charge in [0, 0.05) is 22.7 Å². The van der Waals surface area contributed by atoms with Crippen molar-refractivity contribution in [2.75, 3.05) is 13.2 Å². The van der Waals surface area contributed by atoms with Gasteiger partial charge in [0.1, 0.15) is 0 Å². The zero-order valence-electron chi connectivity index (χ0n) is 12.0. The van der Waals surface area contributed by atoms with Crippen LogP contribution in [0.2, 0.25) is 12.6 Å². The van der Waals surface area contributed by atoms with Crippen molar-refractivity contribution in [3.63, 3.8) is 0 Å². The predicted molar refractivity (Wildman–Crippen MR) is 78.1 cm³/mol. The molecule has 0 aromatic rings. The fourth-order valence-corrected chi connectivity index (χ4v) is 1.93. The topological polar surface area (TPSA) is 40.5 Å². The van der Waals surface area contributed by atoms with Gasteiger partial charge in [0.15, 0.2) is 0 Å². The van der Waals surface area contributed by atoms with Crippen molar-refractivity contribution in [3.8, 4) is 0 Å². The first-order valence-electron chi connectivity index (χ1n) is 7.05. The molecule has 0 aromatic carbocycles. The van der Waals surface area contributed by atoms with E-state index in [1.807, 2.05) is 13.8 Å². The Hall–Kier alpha value is 0.137. The quantitative estimate of drug-likeness (QED) is 0.513. The second kappa shape index (κ2) is 29.4. The molecular formula is C13H34O2Si. The molecule has 0 aliphatic heterocycles. The van der Waals surface area contributed by atoms with Crippen molar-refractivity contribution in [1.29, 1.82) is 0 Å². The highest BCUT2D eigenvalue weighted by Gasteiger charge is 1.81. The Balaban J connectivity index is -0.000000183. The molecule has 0 radical (unpaired) electrons. The summed E-state index contributed by atoms with van der Waals surface area (Å²) in [6.45, 7) is 9.21. The lowest BCUT2D eigenvalue weighted by Gasteiger charge is -1.90. The molecule has 0 aromatic heterocycles. The summed E-state index contributed by atoms with van der Waals surface area (Å²) in [6, 6.07) is 1.40. The Bertz CT molecular complexity index is 62.3. The molecule has 0 fully saturated rings. The molecule has 0 aliphatic rings. The van der Waals surface area contributed by atoms with Gasteiger partial charge in [-0.2, -0.15) is 0 Å². The molecule has 16 heavy (non-hydrogen) atoms. The van der Waals surface area contributed by atoms with Crippen molar-refractivity contribution in [3.05, 3.63) is 0 Å². The molecule has 3 heteroatoms. The van der Waals surface area contributed by atoms with Crippen molar-refractivity contribution < 1.29 is 10.2 Å². The molecule has 2 nitrogen and oxygen atoms in total. The Morgan fingerprint density at radius 3 is 1.69 bits per heavy atom. The monoisotopic (exact) mass is 250 g/mol. The zero-order chi connectivity index (χ0) is 13.1. The highest BCUT2D eigenvalue weighted by Crippen LogP contribution is 1.96. The molecule has 102 valence electrons. The summed E-state index contributed by atoms with van der Waals surface area (Å²) in [5.41, 5.74) is 0. The summed E-state index contributed by atoms with van der Waals surface area (Å²) in [6.07, 6.45) is 6.95. The van der Waals surface area contributed by atoms with Gasteiger partial charge >= 0.3 is 0 Å². The lowest BCUT2D eigenvalue weighted by atomic mass is 10.2. The number of rotatable bonds is 8. The third-order valence-electron chi connectivity index (χ3n) is 2.02. The first-order valence-corrected chi connectivity index (χ1v) is 9.46. The molecule has 0 aliphatic carbocycles. The van der Waals surface area contributed by atoms with Gasteiger partial charge in [-0.05, 0) is 12.8 Å². The first-order chi connectivity index (χ1) is 7.83. The molecule has 0 rings (SSSR count).